The summed E-state index contributed by atoms with van der Waals surface area (Å²) in [5.41, 5.74) is 0. The lowest BCUT2D eigenvalue weighted by atomic mass is 10.1. The molecule has 1 unspecified atom stereocenters. The number of phosphoric acid groups is 1. The van der Waals surface area contributed by atoms with Gasteiger partial charge in [-0.2, -0.15) is 0 Å². The van der Waals surface area contributed by atoms with Crippen molar-refractivity contribution < 1.29 is 41.7 Å². The number of rotatable bonds is 36. The minimum atomic E-state index is -3.88. The molecule has 0 bridgehead atoms. The van der Waals surface area contributed by atoms with Crippen molar-refractivity contribution in [3.63, 3.8) is 0 Å². The van der Waals surface area contributed by atoms with Crippen LogP contribution in [-0.4, -0.2) is 76.6 Å². The molecular formula is C38H77NO8P+. The summed E-state index contributed by atoms with van der Waals surface area (Å²) in [6.07, 6.45) is 26.1. The Bertz CT molecular complexity index is 804. The highest BCUT2D eigenvalue weighted by molar-refractivity contribution is 7.48. The number of nitrogens with zero attached hydrogens (tertiary/aromatic N) is 1. The minimum Gasteiger partial charge on any atom is -0.462 e. The molecule has 2 atom stereocenters. The van der Waals surface area contributed by atoms with Gasteiger partial charge in [0.2, 0.25) is 0 Å². The molecule has 0 saturated carbocycles. The number of hydrogen-bond donors (Lipinski definition) is 0. The van der Waals surface area contributed by atoms with Crippen LogP contribution in [0.1, 0.15) is 175 Å². The third kappa shape index (κ3) is 32.2. The predicted octanol–water partition coefficient (Wildman–Crippen LogP) is 10.7. The highest BCUT2D eigenvalue weighted by atomic mass is 31.2. The molecule has 0 aliphatic rings. The Morgan fingerprint density at radius 3 is 1.38 bits per heavy atom. The van der Waals surface area contributed by atoms with Gasteiger partial charge in [-0.25, -0.2) is 4.57 Å². The average molecular weight is 707 g/mol. The first kappa shape index (κ1) is 47.0. The summed E-state index contributed by atoms with van der Waals surface area (Å²) >= 11 is 0. The Kier molecular flexibility index (Phi) is 31.3. The van der Waals surface area contributed by atoms with Crippen molar-refractivity contribution in [2.75, 3.05) is 54.1 Å². The number of hydrogen-bond acceptors (Lipinski definition) is 8. The van der Waals surface area contributed by atoms with Crippen LogP contribution in [0.5, 0.6) is 0 Å². The van der Waals surface area contributed by atoms with E-state index in [1.54, 1.807) is 6.92 Å². The zero-order valence-corrected chi connectivity index (χ0v) is 33.1. The molecule has 0 aliphatic heterocycles. The number of ether oxygens (including phenoxy) is 2. The topological polar surface area (TPSA) is 97.4 Å². The van der Waals surface area contributed by atoms with Gasteiger partial charge in [0, 0.05) is 12.8 Å². The molecule has 0 radical (unpaired) electrons. The summed E-state index contributed by atoms with van der Waals surface area (Å²) < 4.78 is 41.5. The lowest BCUT2D eigenvalue weighted by Crippen LogP contribution is -2.37. The molecule has 0 saturated heterocycles. The van der Waals surface area contributed by atoms with Crippen molar-refractivity contribution in [1.29, 1.82) is 0 Å². The molecule has 286 valence electrons. The monoisotopic (exact) mass is 707 g/mol. The van der Waals surface area contributed by atoms with E-state index in [4.69, 9.17) is 23.0 Å². The van der Waals surface area contributed by atoms with Crippen LogP contribution in [0.2, 0.25) is 0 Å². The molecule has 0 spiro atoms. The van der Waals surface area contributed by atoms with Crippen molar-refractivity contribution in [2.45, 2.75) is 181 Å². The standard InChI is InChI=1S/C38H77NO8P/c1-7-10-12-14-16-18-20-22-24-26-28-30-37(40)43-34-36(35-46-48(42,44-9-3)45-33-32-39(4,5)6)47-38(41)31-29-27-25-23-21-19-17-15-13-11-8-2/h36H,7-35H2,1-6H3/q+1/t36-,48?/m1/s1. The molecule has 0 aromatic heterocycles. The maximum Gasteiger partial charge on any atom is 0.475 e. The third-order valence-corrected chi connectivity index (χ3v) is 9.95. The van der Waals surface area contributed by atoms with E-state index in [1.165, 1.54) is 103 Å². The molecule has 0 heterocycles. The van der Waals surface area contributed by atoms with E-state index in [2.05, 4.69) is 13.8 Å². The summed E-state index contributed by atoms with van der Waals surface area (Å²) in [5.74, 6) is -0.706. The molecule has 10 heteroatoms. The molecule has 0 N–H and O–H groups in total. The Morgan fingerprint density at radius 2 is 0.958 bits per heavy atom. The zero-order chi connectivity index (χ0) is 35.8. The molecule has 0 aromatic rings. The van der Waals surface area contributed by atoms with E-state index in [1.807, 2.05) is 21.1 Å². The Balaban J connectivity index is 4.64. The molecule has 0 aromatic carbocycles. The zero-order valence-electron chi connectivity index (χ0n) is 32.2. The predicted molar refractivity (Wildman–Crippen MR) is 197 cm³/mol. The normalized spacial score (nSPS) is 13.7. The van der Waals surface area contributed by atoms with Crippen LogP contribution in [-0.2, 0) is 37.2 Å². The smallest absolute Gasteiger partial charge is 0.462 e. The van der Waals surface area contributed by atoms with Crippen LogP contribution < -0.4 is 0 Å². The number of quaternary nitrogens is 1. The van der Waals surface area contributed by atoms with E-state index >= 15 is 0 Å². The van der Waals surface area contributed by atoms with Gasteiger partial charge in [0.1, 0.15) is 19.8 Å². The SMILES string of the molecule is CCCCCCCCCCCCCC(=O)OC[C@H](COP(=O)(OCC)OCC[N+](C)(C)C)OC(=O)CCCCCCCCCCCCC. The van der Waals surface area contributed by atoms with Gasteiger partial charge in [-0.15, -0.1) is 0 Å². The summed E-state index contributed by atoms with van der Waals surface area (Å²) in [6.45, 7) is 6.70. The Labute approximate surface area is 296 Å². The van der Waals surface area contributed by atoms with Gasteiger partial charge in [0.05, 0.1) is 34.4 Å². The molecule has 48 heavy (non-hydrogen) atoms. The summed E-state index contributed by atoms with van der Waals surface area (Å²) in [7, 11) is 2.14. The first-order chi connectivity index (χ1) is 23.0. The van der Waals surface area contributed by atoms with Gasteiger partial charge in [-0.3, -0.25) is 23.2 Å². The maximum atomic E-state index is 13.2. The van der Waals surface area contributed by atoms with Crippen molar-refractivity contribution in [3.05, 3.63) is 0 Å². The van der Waals surface area contributed by atoms with Gasteiger partial charge in [-0.1, -0.05) is 142 Å². The second-order valence-electron chi connectivity index (χ2n) is 14.4. The van der Waals surface area contributed by atoms with Crippen LogP contribution in [0.25, 0.3) is 0 Å². The molecule has 0 rings (SSSR count). The lowest BCUT2D eigenvalue weighted by Gasteiger charge is -2.25. The highest BCUT2D eigenvalue weighted by Gasteiger charge is 2.30. The van der Waals surface area contributed by atoms with E-state index in [9.17, 15) is 14.2 Å². The number of likely N-dealkylation sites (N-methyl/N-ethyl adjacent to an activating group) is 1. The summed E-state index contributed by atoms with van der Waals surface area (Å²) in [5, 5.41) is 0. The second kappa shape index (κ2) is 32.0. The number of carbonyl (C=O) groups excluding carboxylic acids is 2. The van der Waals surface area contributed by atoms with Crippen molar-refractivity contribution in [1.82, 2.24) is 0 Å². The van der Waals surface area contributed by atoms with Crippen molar-refractivity contribution in [2.24, 2.45) is 0 Å². The van der Waals surface area contributed by atoms with Gasteiger partial charge in [-0.05, 0) is 19.8 Å². The first-order valence-electron chi connectivity index (χ1n) is 19.7. The number of esters is 2. The van der Waals surface area contributed by atoms with Crippen LogP contribution >= 0.6 is 7.82 Å². The van der Waals surface area contributed by atoms with Gasteiger partial charge < -0.3 is 14.0 Å². The van der Waals surface area contributed by atoms with Crippen molar-refractivity contribution >= 4 is 19.8 Å². The fourth-order valence-electron chi connectivity index (χ4n) is 5.36. The summed E-state index contributed by atoms with van der Waals surface area (Å²) in [6, 6.07) is 0. The van der Waals surface area contributed by atoms with Crippen molar-refractivity contribution in [3.8, 4) is 0 Å². The van der Waals surface area contributed by atoms with Gasteiger partial charge in [0.25, 0.3) is 0 Å². The lowest BCUT2D eigenvalue weighted by molar-refractivity contribution is -0.870. The maximum absolute atomic E-state index is 13.2. The molecule has 9 nitrogen and oxygen atoms in total. The van der Waals surface area contributed by atoms with Crippen LogP contribution in [0, 0.1) is 0 Å². The van der Waals surface area contributed by atoms with E-state index in [0.717, 1.165) is 38.5 Å². The molecule has 0 fully saturated rings. The van der Waals surface area contributed by atoms with Crippen LogP contribution in [0.15, 0.2) is 0 Å². The van der Waals surface area contributed by atoms with Crippen LogP contribution in [0.3, 0.4) is 0 Å². The number of carbonyl (C=O) groups is 2. The molecule has 0 amide bonds. The second-order valence-corrected chi connectivity index (χ2v) is 16.0. The summed E-state index contributed by atoms with van der Waals surface area (Å²) in [4.78, 5) is 25.2. The highest BCUT2D eigenvalue weighted by Crippen LogP contribution is 2.49. The quantitative estimate of drug-likeness (QED) is 0.0275. The largest absolute Gasteiger partial charge is 0.475 e. The fourth-order valence-corrected chi connectivity index (χ4v) is 6.55. The number of unbranched alkanes of at least 4 members (excludes halogenated alkanes) is 20. The average Bonchev–Trinajstić information content (AvgIpc) is 3.03. The number of phosphoric ester groups is 1. The molecule has 0 aliphatic carbocycles. The Morgan fingerprint density at radius 1 is 0.542 bits per heavy atom. The van der Waals surface area contributed by atoms with E-state index in [0.29, 0.717) is 17.4 Å². The molecular weight excluding hydrogens is 629 g/mol. The first-order valence-corrected chi connectivity index (χ1v) is 21.2. The minimum absolute atomic E-state index is 0.138. The van der Waals surface area contributed by atoms with Crippen LogP contribution in [0.4, 0.5) is 0 Å². The van der Waals surface area contributed by atoms with Gasteiger partial charge >= 0.3 is 19.8 Å². The fraction of sp³-hybridized carbons (Fsp3) is 0.947. The Hall–Kier alpha value is -0.990. The van der Waals surface area contributed by atoms with E-state index < -0.39 is 13.9 Å². The van der Waals surface area contributed by atoms with E-state index in [-0.39, 0.29) is 44.8 Å². The van der Waals surface area contributed by atoms with Gasteiger partial charge in [0.15, 0.2) is 6.10 Å². The third-order valence-electron chi connectivity index (χ3n) is 8.41.